The van der Waals surface area contributed by atoms with Crippen LogP contribution in [0.2, 0.25) is 0 Å². The van der Waals surface area contributed by atoms with Gasteiger partial charge in [0.25, 0.3) is 0 Å². The summed E-state index contributed by atoms with van der Waals surface area (Å²) in [6, 6.07) is 0. The van der Waals surface area contributed by atoms with Crippen LogP contribution in [-0.2, 0) is 14.3 Å². The Morgan fingerprint density at radius 2 is 1.88 bits per heavy atom. The van der Waals surface area contributed by atoms with Gasteiger partial charge in [0.15, 0.2) is 0 Å². The molecule has 0 heterocycles. The molecule has 3 nitrogen and oxygen atoms in total. The Morgan fingerprint density at radius 1 is 1.12 bits per heavy atom. The Labute approximate surface area is 151 Å². The first-order chi connectivity index (χ1) is 11.7. The summed E-state index contributed by atoms with van der Waals surface area (Å²) in [6.45, 7) is 8.58. The van der Waals surface area contributed by atoms with Crippen molar-refractivity contribution in [2.45, 2.75) is 78.7 Å². The van der Waals surface area contributed by atoms with Crippen LogP contribution in [0.25, 0.3) is 0 Å². The molecule has 0 N–H and O–H groups in total. The van der Waals surface area contributed by atoms with Crippen molar-refractivity contribution in [3.05, 3.63) is 12.2 Å². The fourth-order valence-electron chi connectivity index (χ4n) is 7.06. The molecule has 7 atom stereocenters. The molecule has 4 aliphatic carbocycles. The third-order valence-corrected chi connectivity index (χ3v) is 8.82. The number of hydrogen-bond acceptors (Lipinski definition) is 3. The standard InChI is InChI=1S/C22H32O3/c1-14(23)25-15-7-12-22(4)18-9-11-21(3)17(5-6-19(21)24)16(18)8-10-20(22,2)13-15/h8,10,15-18H,5-7,9,11-13H2,1-4H3/t15-,16?,17?,18?,20-,21-,22+/m0/s1. The van der Waals surface area contributed by atoms with Crippen LogP contribution in [0.5, 0.6) is 0 Å². The van der Waals surface area contributed by atoms with Crippen LogP contribution in [0.15, 0.2) is 12.2 Å². The first-order valence-electron chi connectivity index (χ1n) is 10.1. The summed E-state index contributed by atoms with van der Waals surface area (Å²) >= 11 is 0. The number of allylic oxidation sites excluding steroid dienone is 2. The predicted octanol–water partition coefficient (Wildman–Crippen LogP) is 4.70. The monoisotopic (exact) mass is 344 g/mol. The van der Waals surface area contributed by atoms with Crippen molar-refractivity contribution in [2.24, 2.45) is 34.0 Å². The third kappa shape index (κ3) is 2.30. The largest absolute Gasteiger partial charge is 0.463 e. The van der Waals surface area contributed by atoms with Crippen molar-refractivity contribution >= 4 is 11.8 Å². The summed E-state index contributed by atoms with van der Waals surface area (Å²) in [5, 5.41) is 0. The van der Waals surface area contributed by atoms with Gasteiger partial charge in [0, 0.05) is 18.8 Å². The summed E-state index contributed by atoms with van der Waals surface area (Å²) in [4.78, 5) is 23.9. The van der Waals surface area contributed by atoms with Gasteiger partial charge in [-0.15, -0.1) is 0 Å². The molecule has 4 aliphatic rings. The number of hydrogen-bond donors (Lipinski definition) is 0. The molecule has 0 amide bonds. The molecule has 0 aliphatic heterocycles. The van der Waals surface area contributed by atoms with E-state index in [0.29, 0.717) is 23.5 Å². The van der Waals surface area contributed by atoms with E-state index in [1.807, 2.05) is 0 Å². The molecule has 0 aromatic carbocycles. The van der Waals surface area contributed by atoms with Crippen LogP contribution in [0.3, 0.4) is 0 Å². The van der Waals surface area contributed by atoms with Crippen molar-refractivity contribution in [3.8, 4) is 0 Å². The number of esters is 1. The number of ether oxygens (including phenoxy) is 1. The van der Waals surface area contributed by atoms with Gasteiger partial charge in [-0.1, -0.05) is 32.9 Å². The van der Waals surface area contributed by atoms with E-state index in [4.69, 9.17) is 4.74 Å². The van der Waals surface area contributed by atoms with Crippen LogP contribution in [-0.4, -0.2) is 17.9 Å². The van der Waals surface area contributed by atoms with E-state index in [1.165, 1.54) is 6.92 Å². The minimum atomic E-state index is -0.159. The van der Waals surface area contributed by atoms with Crippen LogP contribution in [0.1, 0.15) is 72.6 Å². The van der Waals surface area contributed by atoms with Crippen LogP contribution < -0.4 is 0 Å². The average molecular weight is 344 g/mol. The zero-order valence-corrected chi connectivity index (χ0v) is 16.1. The molecular weight excluding hydrogens is 312 g/mol. The Balaban J connectivity index is 1.65. The first kappa shape index (κ1) is 17.3. The second-order valence-corrected chi connectivity index (χ2v) is 9.88. The summed E-state index contributed by atoms with van der Waals surface area (Å²) in [6.07, 6.45) is 12.0. The summed E-state index contributed by atoms with van der Waals surface area (Å²) < 4.78 is 5.57. The Hall–Kier alpha value is -1.12. The van der Waals surface area contributed by atoms with Gasteiger partial charge in [0.1, 0.15) is 11.9 Å². The van der Waals surface area contributed by atoms with Gasteiger partial charge in [-0.3, -0.25) is 9.59 Å². The highest BCUT2D eigenvalue weighted by molar-refractivity contribution is 5.87. The molecular formula is C22H32O3. The molecule has 0 saturated heterocycles. The average Bonchev–Trinajstić information content (AvgIpc) is 2.84. The van der Waals surface area contributed by atoms with Crippen LogP contribution >= 0.6 is 0 Å². The third-order valence-electron chi connectivity index (χ3n) is 8.82. The number of rotatable bonds is 1. The summed E-state index contributed by atoms with van der Waals surface area (Å²) in [5.41, 5.74) is 0.253. The van der Waals surface area contributed by atoms with Crippen molar-refractivity contribution in [1.82, 2.24) is 0 Å². The molecule has 4 rings (SSSR count). The van der Waals surface area contributed by atoms with Crippen molar-refractivity contribution in [1.29, 1.82) is 0 Å². The molecule has 0 aromatic heterocycles. The van der Waals surface area contributed by atoms with Gasteiger partial charge in [-0.2, -0.15) is 0 Å². The molecule has 0 radical (unpaired) electrons. The van der Waals surface area contributed by atoms with Gasteiger partial charge in [-0.25, -0.2) is 0 Å². The van der Waals surface area contributed by atoms with E-state index < -0.39 is 0 Å². The van der Waals surface area contributed by atoms with Gasteiger partial charge in [0.2, 0.25) is 0 Å². The van der Waals surface area contributed by atoms with Crippen molar-refractivity contribution in [2.75, 3.05) is 0 Å². The van der Waals surface area contributed by atoms with Crippen LogP contribution in [0.4, 0.5) is 0 Å². The van der Waals surface area contributed by atoms with E-state index in [9.17, 15) is 9.59 Å². The lowest BCUT2D eigenvalue weighted by Gasteiger charge is -2.62. The van der Waals surface area contributed by atoms with E-state index in [2.05, 4.69) is 32.9 Å². The Morgan fingerprint density at radius 3 is 2.60 bits per heavy atom. The van der Waals surface area contributed by atoms with Gasteiger partial charge in [0.05, 0.1) is 0 Å². The van der Waals surface area contributed by atoms with Crippen molar-refractivity contribution < 1.29 is 14.3 Å². The molecule has 0 aromatic rings. The van der Waals surface area contributed by atoms with Gasteiger partial charge in [-0.05, 0) is 67.1 Å². The predicted molar refractivity (Wildman–Crippen MR) is 96.8 cm³/mol. The lowest BCUT2D eigenvalue weighted by molar-refractivity contribution is -0.159. The molecule has 3 unspecified atom stereocenters. The summed E-state index contributed by atoms with van der Waals surface area (Å²) in [5.74, 6) is 2.08. The lowest BCUT2D eigenvalue weighted by Crippen LogP contribution is -2.56. The number of fused-ring (bicyclic) bond motifs is 5. The Kier molecular flexibility index (Phi) is 3.76. The highest BCUT2D eigenvalue weighted by Crippen LogP contribution is 2.67. The molecule has 3 saturated carbocycles. The maximum atomic E-state index is 12.5. The van der Waals surface area contributed by atoms with E-state index in [1.54, 1.807) is 0 Å². The fraction of sp³-hybridized carbons (Fsp3) is 0.818. The molecule has 3 heteroatoms. The number of ketones is 1. The number of carbonyl (C=O) groups excluding carboxylic acids is 2. The Bertz CT molecular complexity index is 637. The van der Waals surface area contributed by atoms with Gasteiger partial charge >= 0.3 is 5.97 Å². The zero-order valence-electron chi connectivity index (χ0n) is 16.1. The van der Waals surface area contributed by atoms with Gasteiger partial charge < -0.3 is 4.74 Å². The molecule has 0 spiro atoms. The normalized spacial score (nSPS) is 51.4. The van der Waals surface area contributed by atoms with E-state index in [-0.39, 0.29) is 28.3 Å². The molecule has 3 fully saturated rings. The second-order valence-electron chi connectivity index (χ2n) is 9.88. The number of carbonyl (C=O) groups is 2. The SMILES string of the molecule is CC(=O)O[C@H]1CC[C@]2(C)C3CC[C@]4(C)C(=O)CCC4C3C=C[C@@]2(C)C1. The smallest absolute Gasteiger partial charge is 0.302 e. The van der Waals surface area contributed by atoms with E-state index in [0.717, 1.165) is 44.9 Å². The van der Waals surface area contributed by atoms with E-state index >= 15 is 0 Å². The maximum absolute atomic E-state index is 12.5. The van der Waals surface area contributed by atoms with Crippen molar-refractivity contribution in [3.63, 3.8) is 0 Å². The molecule has 0 bridgehead atoms. The highest BCUT2D eigenvalue weighted by Gasteiger charge is 2.62. The number of Topliss-reactive ketones (excluding diaryl/α,β-unsaturated/α-hetero) is 1. The quantitative estimate of drug-likeness (QED) is 0.512. The topological polar surface area (TPSA) is 43.4 Å². The highest BCUT2D eigenvalue weighted by atomic mass is 16.5. The first-order valence-corrected chi connectivity index (χ1v) is 10.1. The zero-order chi connectivity index (χ0) is 18.0. The fourth-order valence-corrected chi connectivity index (χ4v) is 7.06. The second kappa shape index (κ2) is 5.44. The lowest BCUT2D eigenvalue weighted by atomic mass is 9.43. The summed E-state index contributed by atoms with van der Waals surface area (Å²) in [7, 11) is 0. The maximum Gasteiger partial charge on any atom is 0.302 e. The molecule has 138 valence electrons. The molecule has 25 heavy (non-hydrogen) atoms. The minimum Gasteiger partial charge on any atom is -0.463 e. The van der Waals surface area contributed by atoms with Crippen LogP contribution in [0, 0.1) is 34.0 Å². The minimum absolute atomic E-state index is 0.0543.